The average Bonchev–Trinajstić information content (AvgIpc) is 3.07. The quantitative estimate of drug-likeness (QED) is 0.779. The molecular weight excluding hydrogens is 312 g/mol. The Bertz CT molecular complexity index is 829. The molecule has 0 amide bonds. The van der Waals surface area contributed by atoms with Crippen molar-refractivity contribution in [3.8, 4) is 16.6 Å². The Morgan fingerprint density at radius 2 is 2.17 bits per heavy atom. The van der Waals surface area contributed by atoms with E-state index < -0.39 is 0 Å². The van der Waals surface area contributed by atoms with E-state index in [0.717, 1.165) is 10.4 Å². The lowest BCUT2D eigenvalue weighted by atomic mass is 10.1. The van der Waals surface area contributed by atoms with Crippen molar-refractivity contribution in [2.75, 3.05) is 0 Å². The molecule has 0 spiro atoms. The molecule has 0 aliphatic carbocycles. The molecule has 0 bridgehead atoms. The molecule has 0 saturated carbocycles. The summed E-state index contributed by atoms with van der Waals surface area (Å²) in [6.45, 7) is 4.19. The third kappa shape index (κ3) is 3.45. The summed E-state index contributed by atoms with van der Waals surface area (Å²) in [6, 6.07) is 3.76. The summed E-state index contributed by atoms with van der Waals surface area (Å²) in [5.41, 5.74) is 2.98. The van der Waals surface area contributed by atoms with E-state index in [9.17, 15) is 4.79 Å². The molecule has 0 atom stereocenters. The molecule has 7 heteroatoms. The summed E-state index contributed by atoms with van der Waals surface area (Å²) in [7, 11) is 0. The van der Waals surface area contributed by atoms with Crippen molar-refractivity contribution in [2.45, 2.75) is 26.4 Å². The Kier molecular flexibility index (Phi) is 4.47. The Morgan fingerprint density at radius 1 is 1.30 bits per heavy atom. The molecular formula is C16H16N4O2S. The van der Waals surface area contributed by atoms with Crippen LogP contribution in [0.4, 0.5) is 0 Å². The van der Waals surface area contributed by atoms with Gasteiger partial charge in [-0.25, -0.2) is 0 Å². The predicted octanol–water partition coefficient (Wildman–Crippen LogP) is 2.99. The fourth-order valence-electron chi connectivity index (χ4n) is 2.17. The largest absolute Gasteiger partial charge is 0.472 e. The molecule has 6 nitrogen and oxygen atoms in total. The maximum absolute atomic E-state index is 12.4. The van der Waals surface area contributed by atoms with Crippen LogP contribution in [0.3, 0.4) is 0 Å². The van der Waals surface area contributed by atoms with Gasteiger partial charge in [0.2, 0.25) is 5.88 Å². The third-order valence-electron chi connectivity index (χ3n) is 3.26. The molecule has 3 heterocycles. The van der Waals surface area contributed by atoms with E-state index in [4.69, 9.17) is 4.74 Å². The van der Waals surface area contributed by atoms with Crippen LogP contribution in [0, 0.1) is 0 Å². The molecule has 0 unspecified atom stereocenters. The summed E-state index contributed by atoms with van der Waals surface area (Å²) < 4.78 is 5.82. The van der Waals surface area contributed by atoms with Crippen LogP contribution in [0.15, 0.2) is 41.0 Å². The summed E-state index contributed by atoms with van der Waals surface area (Å²) >= 11 is 1.41. The van der Waals surface area contributed by atoms with E-state index in [2.05, 4.69) is 19.9 Å². The van der Waals surface area contributed by atoms with Gasteiger partial charge in [-0.1, -0.05) is 19.9 Å². The van der Waals surface area contributed by atoms with Crippen LogP contribution >= 0.6 is 11.3 Å². The monoisotopic (exact) mass is 328 g/mol. The number of nitrogens with one attached hydrogen (secondary N) is 1. The fraction of sp³-hybridized carbons (Fsp3) is 0.250. The minimum atomic E-state index is -0.181. The number of rotatable bonds is 5. The summed E-state index contributed by atoms with van der Waals surface area (Å²) in [5, 5.41) is 0. The van der Waals surface area contributed by atoms with Crippen LogP contribution in [-0.2, 0) is 6.61 Å². The topological polar surface area (TPSA) is 80.8 Å². The molecule has 0 aromatic carbocycles. The molecule has 3 aromatic rings. The average molecular weight is 328 g/mol. The van der Waals surface area contributed by atoms with Gasteiger partial charge in [0.05, 0.1) is 16.0 Å². The molecule has 3 aromatic heterocycles. The van der Waals surface area contributed by atoms with Crippen molar-refractivity contribution in [1.82, 2.24) is 19.9 Å². The smallest absolute Gasteiger partial charge is 0.258 e. The van der Waals surface area contributed by atoms with Crippen molar-refractivity contribution in [3.05, 3.63) is 57.7 Å². The second-order valence-electron chi connectivity index (χ2n) is 5.30. The summed E-state index contributed by atoms with van der Waals surface area (Å²) in [4.78, 5) is 28.6. The highest BCUT2D eigenvalue weighted by Crippen LogP contribution is 2.25. The number of hydrogen-bond acceptors (Lipinski definition) is 6. The Labute approximate surface area is 137 Å². The highest BCUT2D eigenvalue weighted by molar-refractivity contribution is 7.13. The number of aromatic nitrogens is 4. The number of H-pyrrole nitrogens is 1. The summed E-state index contributed by atoms with van der Waals surface area (Å²) in [5.74, 6) is 0.838. The van der Waals surface area contributed by atoms with Crippen LogP contribution < -0.4 is 10.3 Å². The molecule has 0 aliphatic rings. The van der Waals surface area contributed by atoms with Gasteiger partial charge in [-0.3, -0.25) is 14.8 Å². The van der Waals surface area contributed by atoms with Gasteiger partial charge in [0.25, 0.3) is 5.56 Å². The second kappa shape index (κ2) is 6.70. The fourth-order valence-corrected chi connectivity index (χ4v) is 2.73. The van der Waals surface area contributed by atoms with Crippen molar-refractivity contribution in [1.29, 1.82) is 0 Å². The number of nitrogens with zero attached hydrogens (tertiary/aromatic N) is 3. The minimum Gasteiger partial charge on any atom is -0.472 e. The van der Waals surface area contributed by atoms with Crippen LogP contribution in [0.1, 0.15) is 30.9 Å². The maximum atomic E-state index is 12.4. The lowest BCUT2D eigenvalue weighted by molar-refractivity contribution is 0.288. The number of hydrogen-bond donors (Lipinski definition) is 1. The Morgan fingerprint density at radius 3 is 2.83 bits per heavy atom. The zero-order valence-electron chi connectivity index (χ0n) is 12.8. The zero-order chi connectivity index (χ0) is 16.2. The number of pyridine rings is 1. The molecule has 23 heavy (non-hydrogen) atoms. The molecule has 0 fully saturated rings. The Balaban J connectivity index is 1.97. The van der Waals surface area contributed by atoms with Gasteiger partial charge in [-0.2, -0.15) is 4.98 Å². The van der Waals surface area contributed by atoms with Gasteiger partial charge < -0.3 is 9.72 Å². The van der Waals surface area contributed by atoms with Crippen LogP contribution in [0.2, 0.25) is 0 Å². The lowest BCUT2D eigenvalue weighted by Crippen LogP contribution is -2.18. The zero-order valence-corrected chi connectivity index (χ0v) is 13.6. The molecule has 0 radical (unpaired) electrons. The van der Waals surface area contributed by atoms with Gasteiger partial charge in [0.1, 0.15) is 6.61 Å². The standard InChI is InChI=1S/C16H16N4O2S/c1-10(2)13-15(21)19-14(12-7-18-9-23-12)20-16(13)22-8-11-4-3-5-17-6-11/h3-7,9-10H,8H2,1-2H3,(H,19,20,21). The third-order valence-corrected chi connectivity index (χ3v) is 4.04. The van der Waals surface area contributed by atoms with Crippen LogP contribution in [-0.4, -0.2) is 19.9 Å². The first-order valence-corrected chi connectivity index (χ1v) is 8.08. The molecule has 118 valence electrons. The number of thiazole rings is 1. The number of aromatic amines is 1. The molecule has 0 aliphatic heterocycles. The van der Waals surface area contributed by atoms with E-state index >= 15 is 0 Å². The van der Waals surface area contributed by atoms with E-state index in [1.807, 2.05) is 26.0 Å². The highest BCUT2D eigenvalue weighted by Gasteiger charge is 2.17. The molecule has 0 saturated heterocycles. The van der Waals surface area contributed by atoms with Gasteiger partial charge in [0.15, 0.2) is 5.82 Å². The first kappa shape index (κ1) is 15.4. The highest BCUT2D eigenvalue weighted by atomic mass is 32.1. The van der Waals surface area contributed by atoms with E-state index in [1.165, 1.54) is 11.3 Å². The van der Waals surface area contributed by atoms with Crippen LogP contribution in [0.5, 0.6) is 5.88 Å². The van der Waals surface area contributed by atoms with Gasteiger partial charge >= 0.3 is 0 Å². The van der Waals surface area contributed by atoms with E-state index in [-0.39, 0.29) is 11.5 Å². The first-order valence-electron chi connectivity index (χ1n) is 7.20. The van der Waals surface area contributed by atoms with Gasteiger partial charge in [0, 0.05) is 24.2 Å². The molecule has 3 rings (SSSR count). The van der Waals surface area contributed by atoms with Gasteiger partial charge in [-0.15, -0.1) is 11.3 Å². The van der Waals surface area contributed by atoms with Crippen molar-refractivity contribution in [2.24, 2.45) is 0 Å². The lowest BCUT2D eigenvalue weighted by Gasteiger charge is -2.13. The van der Waals surface area contributed by atoms with Crippen molar-refractivity contribution >= 4 is 11.3 Å². The van der Waals surface area contributed by atoms with Crippen LogP contribution in [0.25, 0.3) is 10.7 Å². The van der Waals surface area contributed by atoms with Crippen molar-refractivity contribution < 1.29 is 4.74 Å². The molecule has 1 N–H and O–H groups in total. The predicted molar refractivity (Wildman–Crippen MR) is 88.6 cm³/mol. The number of ether oxygens (including phenoxy) is 1. The van der Waals surface area contributed by atoms with Gasteiger partial charge in [-0.05, 0) is 12.0 Å². The van der Waals surface area contributed by atoms with E-state index in [0.29, 0.717) is 23.9 Å². The Hall–Kier alpha value is -2.54. The first-order chi connectivity index (χ1) is 11.1. The van der Waals surface area contributed by atoms with E-state index in [1.54, 1.807) is 24.1 Å². The summed E-state index contributed by atoms with van der Waals surface area (Å²) in [6.07, 6.45) is 5.10. The maximum Gasteiger partial charge on any atom is 0.258 e. The minimum absolute atomic E-state index is 0.00524. The van der Waals surface area contributed by atoms with Crippen molar-refractivity contribution in [3.63, 3.8) is 0 Å². The normalized spacial score (nSPS) is 10.9. The second-order valence-corrected chi connectivity index (χ2v) is 6.19. The SMILES string of the molecule is CC(C)c1c(OCc2cccnc2)nc(-c2cncs2)[nH]c1=O.